The van der Waals surface area contributed by atoms with Crippen LogP contribution in [-0.2, 0) is 14.8 Å². The van der Waals surface area contributed by atoms with E-state index in [9.17, 15) is 13.2 Å². The first-order chi connectivity index (χ1) is 8.36. The molecule has 0 radical (unpaired) electrons. The second-order valence-corrected chi connectivity index (χ2v) is 6.70. The van der Waals surface area contributed by atoms with Gasteiger partial charge in [0.05, 0.1) is 12.2 Å². The summed E-state index contributed by atoms with van der Waals surface area (Å²) in [7, 11) is -3.18. The Kier molecular flexibility index (Phi) is 3.61. The monoisotopic (exact) mass is 288 g/mol. The highest BCUT2D eigenvalue weighted by molar-refractivity contribution is 7.88. The van der Waals surface area contributed by atoms with Gasteiger partial charge in [-0.25, -0.2) is 12.7 Å². The van der Waals surface area contributed by atoms with Crippen molar-refractivity contribution >= 4 is 33.2 Å². The van der Waals surface area contributed by atoms with Crippen molar-refractivity contribution in [1.82, 2.24) is 4.31 Å². The van der Waals surface area contributed by atoms with Crippen molar-refractivity contribution in [1.29, 1.82) is 0 Å². The summed E-state index contributed by atoms with van der Waals surface area (Å²) in [6.07, 6.45) is 1.14. The highest BCUT2D eigenvalue weighted by Gasteiger charge is 2.37. The number of sulfonamides is 1. The van der Waals surface area contributed by atoms with Crippen LogP contribution in [-0.4, -0.2) is 38.0 Å². The molecule has 7 heteroatoms. The Labute approximate surface area is 111 Å². The number of rotatable bonds is 3. The first-order valence-corrected chi connectivity index (χ1v) is 7.60. The van der Waals surface area contributed by atoms with E-state index >= 15 is 0 Å². The maximum absolute atomic E-state index is 11.8. The van der Waals surface area contributed by atoms with Gasteiger partial charge in [0.15, 0.2) is 0 Å². The predicted octanol–water partition coefficient (Wildman–Crippen LogP) is 1.17. The smallest absolute Gasteiger partial charge is 0.230 e. The maximum atomic E-state index is 11.8. The molecule has 1 aliphatic heterocycles. The molecule has 0 aromatic heterocycles. The lowest BCUT2D eigenvalue weighted by Gasteiger charge is -2.35. The number of nitrogens with zero attached hydrogens (tertiary/aromatic N) is 1. The number of carbonyl (C=O) groups is 1. The molecule has 0 bridgehead atoms. The number of hydrogen-bond acceptors (Lipinski definition) is 3. The molecular weight excluding hydrogens is 276 g/mol. The Morgan fingerprint density at radius 2 is 2.11 bits per heavy atom. The molecule has 1 aliphatic rings. The van der Waals surface area contributed by atoms with Gasteiger partial charge in [0.25, 0.3) is 0 Å². The van der Waals surface area contributed by atoms with Gasteiger partial charge in [0.2, 0.25) is 15.9 Å². The first kappa shape index (κ1) is 13.3. The molecule has 0 atom stereocenters. The minimum absolute atomic E-state index is 0.183. The fraction of sp³-hybridized carbons (Fsp3) is 0.364. The molecule has 1 fully saturated rings. The first-order valence-electron chi connectivity index (χ1n) is 5.38. The van der Waals surface area contributed by atoms with E-state index in [1.54, 1.807) is 24.3 Å². The van der Waals surface area contributed by atoms with Gasteiger partial charge in [-0.2, -0.15) is 0 Å². The average Bonchev–Trinajstić information content (AvgIpc) is 2.11. The van der Waals surface area contributed by atoms with Crippen molar-refractivity contribution in [3.63, 3.8) is 0 Å². The Morgan fingerprint density at radius 1 is 1.44 bits per heavy atom. The summed E-state index contributed by atoms with van der Waals surface area (Å²) in [6, 6.07) is 6.83. The topological polar surface area (TPSA) is 66.5 Å². The summed E-state index contributed by atoms with van der Waals surface area (Å²) in [6.45, 7) is 0.483. The molecule has 1 aromatic carbocycles. The zero-order chi connectivity index (χ0) is 13.3. The summed E-state index contributed by atoms with van der Waals surface area (Å²) in [5.74, 6) is -0.476. The van der Waals surface area contributed by atoms with E-state index in [1.807, 2.05) is 0 Å². The van der Waals surface area contributed by atoms with Crippen LogP contribution in [0, 0.1) is 5.92 Å². The van der Waals surface area contributed by atoms with Crippen LogP contribution in [0.2, 0.25) is 5.02 Å². The largest absolute Gasteiger partial charge is 0.326 e. The quantitative estimate of drug-likeness (QED) is 0.908. The maximum Gasteiger partial charge on any atom is 0.230 e. The number of amides is 1. The standard InChI is InChI=1S/C11H13ClN2O3S/c1-18(16,17)14-6-8(7-14)11(15)13-10-4-2-3-9(12)5-10/h2-5,8H,6-7H2,1H3,(H,13,15). The fourth-order valence-corrected chi connectivity index (χ4v) is 2.78. The van der Waals surface area contributed by atoms with E-state index in [4.69, 9.17) is 11.6 Å². The molecule has 0 unspecified atom stereocenters. The molecular formula is C11H13ClN2O3S. The number of hydrogen-bond donors (Lipinski definition) is 1. The van der Waals surface area contributed by atoms with Crippen LogP contribution in [0.3, 0.4) is 0 Å². The molecule has 98 valence electrons. The normalized spacial score (nSPS) is 17.2. The number of benzene rings is 1. The molecule has 18 heavy (non-hydrogen) atoms. The summed E-state index contributed by atoms with van der Waals surface area (Å²) < 4.78 is 23.6. The molecule has 1 N–H and O–H groups in total. The third-order valence-corrected chi connectivity index (χ3v) is 4.25. The molecule has 0 saturated carbocycles. The van der Waals surface area contributed by atoms with Gasteiger partial charge in [-0.1, -0.05) is 17.7 Å². The molecule has 0 spiro atoms. The number of nitrogens with one attached hydrogen (secondary N) is 1. The Morgan fingerprint density at radius 3 is 2.67 bits per heavy atom. The fourth-order valence-electron chi connectivity index (χ4n) is 1.69. The van der Waals surface area contributed by atoms with E-state index in [2.05, 4.69) is 5.32 Å². The van der Waals surface area contributed by atoms with Gasteiger partial charge < -0.3 is 5.32 Å². The second-order valence-electron chi connectivity index (χ2n) is 4.28. The molecule has 1 amide bonds. The zero-order valence-corrected chi connectivity index (χ0v) is 11.3. The molecule has 2 rings (SSSR count). The summed E-state index contributed by atoms with van der Waals surface area (Å²) in [5.41, 5.74) is 0.616. The van der Waals surface area contributed by atoms with Crippen molar-refractivity contribution in [2.24, 2.45) is 5.92 Å². The predicted molar refractivity (Wildman–Crippen MR) is 70.0 cm³/mol. The lowest BCUT2D eigenvalue weighted by atomic mass is 10.0. The van der Waals surface area contributed by atoms with Crippen LogP contribution < -0.4 is 5.32 Å². The minimum Gasteiger partial charge on any atom is -0.326 e. The van der Waals surface area contributed by atoms with Gasteiger partial charge in [-0.3, -0.25) is 4.79 Å². The third-order valence-electron chi connectivity index (χ3n) is 2.78. The van der Waals surface area contributed by atoms with Crippen molar-refractivity contribution in [3.8, 4) is 0 Å². The molecule has 0 aliphatic carbocycles. The van der Waals surface area contributed by atoms with Crippen LogP contribution in [0.5, 0.6) is 0 Å². The number of carbonyl (C=O) groups excluding carboxylic acids is 1. The Bertz CT molecular complexity index is 567. The Balaban J connectivity index is 1.92. The average molecular weight is 289 g/mol. The highest BCUT2D eigenvalue weighted by atomic mass is 35.5. The summed E-state index contributed by atoms with van der Waals surface area (Å²) in [5, 5.41) is 3.25. The van der Waals surface area contributed by atoms with E-state index in [1.165, 1.54) is 4.31 Å². The number of halogens is 1. The SMILES string of the molecule is CS(=O)(=O)N1CC(C(=O)Nc2cccc(Cl)c2)C1. The van der Waals surface area contributed by atoms with Crippen molar-refractivity contribution in [2.75, 3.05) is 24.7 Å². The van der Waals surface area contributed by atoms with Gasteiger partial charge in [0.1, 0.15) is 0 Å². The van der Waals surface area contributed by atoms with E-state index in [0.29, 0.717) is 10.7 Å². The van der Waals surface area contributed by atoms with Crippen LogP contribution in [0.15, 0.2) is 24.3 Å². The summed E-state index contributed by atoms with van der Waals surface area (Å²) >= 11 is 5.80. The van der Waals surface area contributed by atoms with E-state index in [0.717, 1.165) is 6.26 Å². The lowest BCUT2D eigenvalue weighted by Crippen LogP contribution is -2.53. The van der Waals surface area contributed by atoms with Gasteiger partial charge in [-0.15, -0.1) is 0 Å². The number of anilines is 1. The van der Waals surface area contributed by atoms with Crippen LogP contribution in [0.1, 0.15) is 0 Å². The van der Waals surface area contributed by atoms with Crippen molar-refractivity contribution in [3.05, 3.63) is 29.3 Å². The van der Waals surface area contributed by atoms with Crippen LogP contribution in [0.25, 0.3) is 0 Å². The zero-order valence-electron chi connectivity index (χ0n) is 9.76. The van der Waals surface area contributed by atoms with Gasteiger partial charge >= 0.3 is 0 Å². The summed E-state index contributed by atoms with van der Waals surface area (Å²) in [4.78, 5) is 11.8. The highest BCUT2D eigenvalue weighted by Crippen LogP contribution is 2.21. The van der Waals surface area contributed by atoms with Crippen LogP contribution >= 0.6 is 11.6 Å². The van der Waals surface area contributed by atoms with E-state index < -0.39 is 10.0 Å². The lowest BCUT2D eigenvalue weighted by molar-refractivity contribution is -0.122. The van der Waals surface area contributed by atoms with E-state index in [-0.39, 0.29) is 24.9 Å². The molecule has 1 heterocycles. The van der Waals surface area contributed by atoms with Gasteiger partial charge in [0, 0.05) is 23.8 Å². The molecule has 1 saturated heterocycles. The van der Waals surface area contributed by atoms with Crippen molar-refractivity contribution < 1.29 is 13.2 Å². The third kappa shape index (κ3) is 3.01. The van der Waals surface area contributed by atoms with Crippen LogP contribution in [0.4, 0.5) is 5.69 Å². The van der Waals surface area contributed by atoms with Gasteiger partial charge in [-0.05, 0) is 18.2 Å². The second kappa shape index (κ2) is 4.87. The Hall–Kier alpha value is -1.11. The molecule has 1 aromatic rings. The van der Waals surface area contributed by atoms with Crippen molar-refractivity contribution in [2.45, 2.75) is 0 Å². The molecule has 5 nitrogen and oxygen atoms in total. The minimum atomic E-state index is -3.18.